The van der Waals surface area contributed by atoms with Crippen LogP contribution in [-0.2, 0) is 0 Å². The van der Waals surface area contributed by atoms with E-state index in [1.807, 2.05) is 0 Å². The molecule has 1 aliphatic carbocycles. The molecule has 0 N–H and O–H groups in total. The molecule has 3 heterocycles. The maximum absolute atomic E-state index is 2.84. The van der Waals surface area contributed by atoms with Crippen LogP contribution in [0.3, 0.4) is 0 Å². The van der Waals surface area contributed by atoms with E-state index in [4.69, 9.17) is 0 Å². The van der Waals surface area contributed by atoms with Gasteiger partial charge in [-0.25, -0.2) is 0 Å². The quantitative estimate of drug-likeness (QED) is 0.705. The fourth-order valence-electron chi connectivity index (χ4n) is 6.20. The smallest absolute Gasteiger partial charge is 0.0350 e. The molecule has 4 aliphatic rings. The third kappa shape index (κ3) is 4.12. The molecule has 1 spiro atoms. The monoisotopic (exact) mass is 375 g/mol. The zero-order chi connectivity index (χ0) is 19.4. The molecule has 0 aromatic carbocycles. The fourth-order valence-corrected chi connectivity index (χ4v) is 6.20. The van der Waals surface area contributed by atoms with Gasteiger partial charge in [0, 0.05) is 50.3 Å². The molecular weight excluding hydrogens is 330 g/mol. The van der Waals surface area contributed by atoms with E-state index in [-0.39, 0.29) is 0 Å². The average molecular weight is 376 g/mol. The molecule has 0 radical (unpaired) electrons. The molecule has 4 rings (SSSR count). The number of piperidine rings is 1. The van der Waals surface area contributed by atoms with Gasteiger partial charge in [-0.2, -0.15) is 0 Å². The Morgan fingerprint density at radius 1 is 0.741 bits per heavy atom. The summed E-state index contributed by atoms with van der Waals surface area (Å²) in [4.78, 5) is 8.36. The van der Waals surface area contributed by atoms with Crippen molar-refractivity contribution >= 4 is 0 Å². The van der Waals surface area contributed by atoms with Crippen LogP contribution < -0.4 is 0 Å². The highest BCUT2D eigenvalue weighted by molar-refractivity contribution is 5.04. The van der Waals surface area contributed by atoms with E-state index in [1.54, 1.807) is 0 Å². The molecule has 0 bridgehead atoms. The maximum Gasteiger partial charge on any atom is 0.0350 e. The number of hydrogen-bond acceptors (Lipinski definition) is 3. The van der Waals surface area contributed by atoms with Gasteiger partial charge in [0.15, 0.2) is 0 Å². The minimum Gasteiger partial charge on any atom is -0.298 e. The summed E-state index contributed by atoms with van der Waals surface area (Å²) in [5.74, 6) is 0.888. The summed E-state index contributed by atoms with van der Waals surface area (Å²) < 4.78 is 0. The maximum atomic E-state index is 2.84. The first-order valence-corrected chi connectivity index (χ1v) is 11.8. The second-order valence-electron chi connectivity index (χ2n) is 12.6. The van der Waals surface area contributed by atoms with Gasteiger partial charge in [-0.05, 0) is 82.6 Å². The van der Waals surface area contributed by atoms with Crippen LogP contribution in [0.2, 0.25) is 0 Å². The predicted molar refractivity (Wildman–Crippen MR) is 115 cm³/mol. The number of rotatable bonds is 2. The summed E-state index contributed by atoms with van der Waals surface area (Å²) in [5, 5.41) is 0. The largest absolute Gasteiger partial charge is 0.298 e. The van der Waals surface area contributed by atoms with E-state index >= 15 is 0 Å². The standard InChI is InChI=1S/C24H45N3/c1-22(2,3)19-8-7-13-25(14-19)21-15-26(16-21)20-9-11-24(12-10-20)17-27(18-24)23(4,5)6/h19-21H,7-18H2,1-6H3. The second-order valence-corrected chi connectivity index (χ2v) is 12.6. The number of likely N-dealkylation sites (tertiary alicyclic amines) is 3. The van der Waals surface area contributed by atoms with E-state index in [0.717, 1.165) is 18.0 Å². The van der Waals surface area contributed by atoms with Crippen molar-refractivity contribution in [3.05, 3.63) is 0 Å². The van der Waals surface area contributed by atoms with Gasteiger partial charge in [0.05, 0.1) is 0 Å². The van der Waals surface area contributed by atoms with Crippen molar-refractivity contribution in [1.29, 1.82) is 0 Å². The minimum atomic E-state index is 0.367. The number of hydrogen-bond donors (Lipinski definition) is 0. The summed E-state index contributed by atoms with van der Waals surface area (Å²) in [6.07, 6.45) is 8.70. The highest BCUT2D eigenvalue weighted by Crippen LogP contribution is 2.47. The van der Waals surface area contributed by atoms with Gasteiger partial charge in [0.25, 0.3) is 0 Å². The highest BCUT2D eigenvalue weighted by Gasteiger charge is 2.49. The molecule has 1 saturated carbocycles. The molecule has 3 nitrogen and oxygen atoms in total. The highest BCUT2D eigenvalue weighted by atomic mass is 15.3. The van der Waals surface area contributed by atoms with E-state index in [0.29, 0.717) is 16.4 Å². The Morgan fingerprint density at radius 3 is 1.93 bits per heavy atom. The summed E-state index contributed by atoms with van der Waals surface area (Å²) >= 11 is 0. The predicted octanol–water partition coefficient (Wildman–Crippen LogP) is 4.47. The molecule has 27 heavy (non-hydrogen) atoms. The van der Waals surface area contributed by atoms with Gasteiger partial charge in [-0.15, -0.1) is 0 Å². The van der Waals surface area contributed by atoms with Gasteiger partial charge in [-0.1, -0.05) is 20.8 Å². The second kappa shape index (κ2) is 6.99. The molecule has 0 aromatic rings. The molecule has 4 fully saturated rings. The Labute approximate surface area is 168 Å². The van der Waals surface area contributed by atoms with Crippen molar-refractivity contribution in [2.75, 3.05) is 39.3 Å². The Morgan fingerprint density at radius 2 is 1.37 bits per heavy atom. The van der Waals surface area contributed by atoms with Crippen LogP contribution >= 0.6 is 0 Å². The van der Waals surface area contributed by atoms with Gasteiger partial charge in [0.2, 0.25) is 0 Å². The third-order valence-electron chi connectivity index (χ3n) is 8.62. The van der Waals surface area contributed by atoms with Crippen LogP contribution in [0.25, 0.3) is 0 Å². The van der Waals surface area contributed by atoms with Crippen molar-refractivity contribution < 1.29 is 0 Å². The van der Waals surface area contributed by atoms with E-state index < -0.39 is 0 Å². The molecule has 156 valence electrons. The minimum absolute atomic E-state index is 0.367. The molecule has 1 unspecified atom stereocenters. The molecule has 3 aliphatic heterocycles. The normalized spacial score (nSPS) is 32.4. The Bertz CT molecular complexity index is 507. The van der Waals surface area contributed by atoms with Crippen LogP contribution in [0.4, 0.5) is 0 Å². The van der Waals surface area contributed by atoms with Gasteiger partial charge >= 0.3 is 0 Å². The Hall–Kier alpha value is -0.120. The van der Waals surface area contributed by atoms with Crippen LogP contribution in [0.5, 0.6) is 0 Å². The lowest BCUT2D eigenvalue weighted by molar-refractivity contribution is -0.100. The Kier molecular flexibility index (Phi) is 5.22. The van der Waals surface area contributed by atoms with Crippen molar-refractivity contribution in [1.82, 2.24) is 14.7 Å². The molecular formula is C24H45N3. The Balaban J connectivity index is 1.20. The molecule has 1 atom stereocenters. The van der Waals surface area contributed by atoms with Crippen molar-refractivity contribution in [3.8, 4) is 0 Å². The van der Waals surface area contributed by atoms with Gasteiger partial charge in [-0.3, -0.25) is 14.7 Å². The molecule has 3 saturated heterocycles. The van der Waals surface area contributed by atoms with Crippen LogP contribution in [0, 0.1) is 16.7 Å². The van der Waals surface area contributed by atoms with Gasteiger partial charge in [0.1, 0.15) is 0 Å². The zero-order valence-electron chi connectivity index (χ0n) is 19.1. The summed E-state index contributed by atoms with van der Waals surface area (Å²) in [5.41, 5.74) is 1.52. The summed E-state index contributed by atoms with van der Waals surface area (Å²) in [7, 11) is 0. The molecule has 0 aromatic heterocycles. The van der Waals surface area contributed by atoms with Crippen LogP contribution in [0.15, 0.2) is 0 Å². The van der Waals surface area contributed by atoms with Crippen molar-refractivity contribution in [2.24, 2.45) is 16.7 Å². The number of nitrogens with zero attached hydrogens (tertiary/aromatic N) is 3. The zero-order valence-corrected chi connectivity index (χ0v) is 19.1. The lowest BCUT2D eigenvalue weighted by Gasteiger charge is -2.60. The first kappa shape index (κ1) is 20.2. The molecule has 3 heteroatoms. The molecule has 0 amide bonds. The third-order valence-corrected chi connectivity index (χ3v) is 8.62. The van der Waals surface area contributed by atoms with Crippen LogP contribution in [-0.4, -0.2) is 71.6 Å². The van der Waals surface area contributed by atoms with Crippen molar-refractivity contribution in [3.63, 3.8) is 0 Å². The SMILES string of the molecule is CC(C)(C)C1CCCN(C2CN(C3CCC4(CC3)CN(C(C)(C)C)C4)C2)C1. The van der Waals surface area contributed by atoms with E-state index in [9.17, 15) is 0 Å². The van der Waals surface area contributed by atoms with E-state index in [1.165, 1.54) is 77.8 Å². The lowest BCUT2D eigenvalue weighted by Crippen LogP contribution is -2.67. The van der Waals surface area contributed by atoms with Gasteiger partial charge < -0.3 is 0 Å². The first-order valence-electron chi connectivity index (χ1n) is 11.8. The van der Waals surface area contributed by atoms with Crippen LogP contribution in [0.1, 0.15) is 80.1 Å². The average Bonchev–Trinajstić information content (AvgIpc) is 2.50. The first-order chi connectivity index (χ1) is 12.6. The summed E-state index contributed by atoms with van der Waals surface area (Å²) in [6.45, 7) is 22.5. The van der Waals surface area contributed by atoms with E-state index in [2.05, 4.69) is 56.2 Å². The van der Waals surface area contributed by atoms with Crippen molar-refractivity contribution in [2.45, 2.75) is 97.7 Å². The topological polar surface area (TPSA) is 9.72 Å². The fraction of sp³-hybridized carbons (Fsp3) is 1.00. The lowest BCUT2D eigenvalue weighted by atomic mass is 9.65. The summed E-state index contributed by atoms with van der Waals surface area (Å²) in [6, 6.07) is 1.74.